The third kappa shape index (κ3) is 18.9. The van der Waals surface area contributed by atoms with Gasteiger partial charge in [0.05, 0.1) is 78.3 Å². The second-order valence-electron chi connectivity index (χ2n) is 40.7. The topological polar surface area (TPSA) is 434 Å². The molecule has 25 rings (SSSR count). The molecule has 10 atom stereocenters. The first kappa shape index (κ1) is 93.7. The van der Waals surface area contributed by atoms with E-state index in [1.54, 1.807) is 65.6 Å². The maximum absolute atomic E-state index is 14.2. The molecule has 15 aromatic rings. The molecular weight excluding hydrogens is 1900 g/mol. The quantitative estimate of drug-likeness (QED) is 0.0595. The molecule has 138 heavy (non-hydrogen) atoms. The van der Waals surface area contributed by atoms with Crippen LogP contribution in [-0.4, -0.2) is 162 Å². The van der Waals surface area contributed by atoms with E-state index in [1.165, 1.54) is 46.8 Å². The number of rotatable bonds is 15. The lowest BCUT2D eigenvalue weighted by Crippen LogP contribution is -2.29. The lowest BCUT2D eigenvalue weighted by Gasteiger charge is -2.34. The van der Waals surface area contributed by atoms with Crippen LogP contribution in [0.25, 0.3) is 55.2 Å². The fourth-order valence-electron chi connectivity index (χ4n) is 22.0. The number of fused-ring (bicyclic) bond motifs is 5. The minimum absolute atomic E-state index is 0.0476. The number of alkyl halides is 5. The van der Waals surface area contributed by atoms with Gasteiger partial charge in [-0.05, 0) is 227 Å². The van der Waals surface area contributed by atoms with Crippen LogP contribution in [0.5, 0.6) is 0 Å². The number of H-pyrrole nitrogens is 5. The summed E-state index contributed by atoms with van der Waals surface area (Å²) in [6, 6.07) is 0.386. The number of nitrogens with zero attached hydrogens (tertiary/aromatic N) is 22. The molecule has 10 saturated carbocycles. The highest BCUT2D eigenvalue weighted by Crippen LogP contribution is 2.54. The average Bonchev–Trinajstić information content (AvgIpc) is 1.58. The molecule has 0 aliphatic heterocycles. The number of thiazole rings is 3. The lowest BCUT2D eigenvalue weighted by atomic mass is 9.71. The van der Waals surface area contributed by atoms with Gasteiger partial charge in [0.25, 0.3) is 27.8 Å². The average molecular weight is 2010 g/mol. The van der Waals surface area contributed by atoms with E-state index >= 15 is 0 Å². The Hall–Kier alpha value is -10.6. The SMILES string of the molecule is CC1(F)CCC(n2ncc3c(=O)[nH]c(C4CCC4c4csc(Cl)n4)nc32)CC1.CC1(F)CCC(n2ncc3c(=O)[nH]c([C@@H]4CC[C@@H]4c4nnco4)nc32)CC1.CC1(F)CCC(n2ncc3c(=O)[nH]c([C@@H]4CC[C@H]4c4csc(Cl)n4)nc32)CC1.CC1(F)CCC(n2ncc3c(=O)[nH]c([C@H]4CC[C@@H]4c4csc(Cl)n4)nc32)CC1.CC1(F)CCC(n2ncc3c(=O)[nH]c([C@H]4CC[C@H]4c4nnco4)nc32)CC1. The van der Waals surface area contributed by atoms with Crippen LogP contribution < -0.4 is 27.8 Å². The summed E-state index contributed by atoms with van der Waals surface area (Å²) in [5, 5.41) is 46.0. The van der Waals surface area contributed by atoms with Crippen molar-refractivity contribution in [2.45, 2.75) is 345 Å². The molecule has 34 nitrogen and oxygen atoms in total. The Labute approximate surface area is 811 Å². The van der Waals surface area contributed by atoms with Gasteiger partial charge in [0.2, 0.25) is 24.6 Å². The minimum atomic E-state index is -1.11. The Morgan fingerprint density at radius 3 is 0.659 bits per heavy atom. The maximum Gasteiger partial charge on any atom is 0.262 e. The normalized spacial score (nSPS) is 30.7. The first-order valence-corrected chi connectivity index (χ1v) is 51.7. The van der Waals surface area contributed by atoms with Gasteiger partial charge in [-0.1, -0.05) is 34.8 Å². The molecule has 10 aliphatic carbocycles. The summed E-state index contributed by atoms with van der Waals surface area (Å²) >= 11 is 22.2. The number of hydrogen-bond acceptors (Lipinski definition) is 27. The van der Waals surface area contributed by atoms with E-state index < -0.39 is 28.3 Å². The van der Waals surface area contributed by atoms with E-state index in [9.17, 15) is 45.9 Å². The third-order valence-electron chi connectivity index (χ3n) is 31.3. The maximum atomic E-state index is 14.2. The van der Waals surface area contributed by atoms with Crippen molar-refractivity contribution >= 4 is 124 Å². The zero-order valence-electron chi connectivity index (χ0n) is 76.6. The van der Waals surface area contributed by atoms with Crippen molar-refractivity contribution < 1.29 is 30.8 Å². The molecule has 0 aromatic carbocycles. The minimum Gasteiger partial charge on any atom is -0.428 e. The number of hydrogen-bond donors (Lipinski definition) is 5. The summed E-state index contributed by atoms with van der Waals surface area (Å²) in [6.07, 6.45) is 32.0. The van der Waals surface area contributed by atoms with E-state index in [0.29, 0.717) is 238 Å². The van der Waals surface area contributed by atoms with Crippen molar-refractivity contribution in [1.29, 1.82) is 0 Å². The van der Waals surface area contributed by atoms with Crippen LogP contribution in [0.1, 0.15) is 375 Å². The van der Waals surface area contributed by atoms with E-state index in [0.717, 1.165) is 81.3 Å². The number of aromatic amines is 5. The van der Waals surface area contributed by atoms with Gasteiger partial charge >= 0.3 is 0 Å². The van der Waals surface area contributed by atoms with Crippen LogP contribution in [0.4, 0.5) is 22.0 Å². The van der Waals surface area contributed by atoms with Crippen LogP contribution in [0, 0.1) is 0 Å². The number of aromatic nitrogens is 27. The van der Waals surface area contributed by atoms with Crippen LogP contribution in [0.15, 0.2) is 92.7 Å². The van der Waals surface area contributed by atoms with Crippen molar-refractivity contribution in [1.82, 2.24) is 134 Å². The molecule has 2 unspecified atom stereocenters. The van der Waals surface area contributed by atoms with E-state index in [4.69, 9.17) is 68.6 Å². The predicted octanol–water partition coefficient (Wildman–Crippen LogP) is 20.2. The van der Waals surface area contributed by atoms with Crippen LogP contribution in [0.3, 0.4) is 0 Å². The molecule has 0 bridgehead atoms. The zero-order chi connectivity index (χ0) is 95.6. The second-order valence-corrected chi connectivity index (χ2v) is 45.0. The molecular formula is C93H105Cl3F5N27O7S3. The van der Waals surface area contributed by atoms with Crippen molar-refractivity contribution in [3.8, 4) is 0 Å². The van der Waals surface area contributed by atoms with Crippen LogP contribution in [-0.2, 0) is 0 Å². The summed E-state index contributed by atoms with van der Waals surface area (Å²) in [4.78, 5) is 115. The Bertz CT molecular complexity index is 6670. The molecule has 5 N–H and O–H groups in total. The summed E-state index contributed by atoms with van der Waals surface area (Å²) < 4.78 is 92.2. The van der Waals surface area contributed by atoms with Gasteiger partial charge in [-0.25, -0.2) is 85.2 Å². The third-order valence-corrected chi connectivity index (χ3v) is 34.3. The Kier molecular flexibility index (Phi) is 25.4. The Morgan fingerprint density at radius 2 is 0.493 bits per heavy atom. The zero-order valence-corrected chi connectivity index (χ0v) is 81.3. The molecule has 10 aliphatic rings. The molecule has 15 aromatic heterocycles. The molecule has 0 saturated heterocycles. The second kappa shape index (κ2) is 37.5. The summed E-state index contributed by atoms with van der Waals surface area (Å²) in [5.41, 5.74) is -0.547. The monoisotopic (exact) mass is 2010 g/mol. The van der Waals surface area contributed by atoms with E-state index in [1.807, 2.05) is 39.5 Å². The molecule has 45 heteroatoms. The first-order valence-electron chi connectivity index (χ1n) is 47.9. The molecule has 0 radical (unpaired) electrons. The van der Waals surface area contributed by atoms with Gasteiger partial charge in [0.1, 0.15) is 84.4 Å². The van der Waals surface area contributed by atoms with Gasteiger partial charge in [-0.15, -0.1) is 54.4 Å². The molecule has 0 spiro atoms. The van der Waals surface area contributed by atoms with Crippen molar-refractivity contribution in [2.24, 2.45) is 0 Å². The summed E-state index contributed by atoms with van der Waals surface area (Å²) in [7, 11) is 0. The van der Waals surface area contributed by atoms with Crippen molar-refractivity contribution in [2.75, 3.05) is 0 Å². The Morgan fingerprint density at radius 1 is 0.297 bits per heavy atom. The van der Waals surface area contributed by atoms with Crippen LogP contribution >= 0.6 is 68.8 Å². The summed E-state index contributed by atoms with van der Waals surface area (Å²) in [6.45, 7) is 8.28. The van der Waals surface area contributed by atoms with E-state index in [-0.39, 0.29) is 117 Å². The summed E-state index contributed by atoms with van der Waals surface area (Å²) in [5.74, 6) is 5.78. The molecule has 10 fully saturated rings. The highest BCUT2D eigenvalue weighted by Gasteiger charge is 2.46. The van der Waals surface area contributed by atoms with Crippen LogP contribution in [0.2, 0.25) is 13.4 Å². The standard InChI is InChI=1S/3C19H21ClFN5OS.2C18H21FN6O2/c3*1-19(21)6-4-10(5-7-19)26-16-13(8-22-26)17(27)25-15(24-16)12-3-2-11(12)14-9-28-18(20)23-14;2*1-18(19)6-4-10(5-7-18)25-15-13(8-21-25)16(26)23-14(22-15)11-2-3-12(11)17-24-20-9-27-17/h3*8-12H,2-7H2,1H3,(H,24,25,27);2*8-12H,2-7H2,1H3,(H,22,23,26)/t2*10?,11-,12-,19?;;2*10?,11-,12+,18?/m10.10/s1. The highest BCUT2D eigenvalue weighted by molar-refractivity contribution is 7.14. The van der Waals surface area contributed by atoms with Crippen molar-refractivity contribution in [3.63, 3.8) is 0 Å². The fourth-order valence-corrected chi connectivity index (χ4v) is 24.5. The lowest BCUT2D eigenvalue weighted by molar-refractivity contribution is 0.103. The molecule has 0 amide bonds. The fraction of sp³-hybridized carbons (Fsp3) is 0.591. The van der Waals surface area contributed by atoms with Crippen molar-refractivity contribution in [3.05, 3.63) is 183 Å². The van der Waals surface area contributed by atoms with Gasteiger partial charge in [0.15, 0.2) is 41.6 Å². The van der Waals surface area contributed by atoms with E-state index in [2.05, 4.69) is 85.8 Å². The predicted molar refractivity (Wildman–Crippen MR) is 509 cm³/mol. The largest absolute Gasteiger partial charge is 0.428 e. The van der Waals surface area contributed by atoms with Gasteiger partial charge in [-0.2, -0.15) is 25.5 Å². The molecule has 15 heterocycles. The highest BCUT2D eigenvalue weighted by atomic mass is 35.5. The van der Waals surface area contributed by atoms with Gasteiger partial charge in [-0.3, -0.25) is 24.0 Å². The van der Waals surface area contributed by atoms with Gasteiger partial charge < -0.3 is 33.8 Å². The number of halogens is 8. The Balaban J connectivity index is 0.000000103. The van der Waals surface area contributed by atoms with Gasteiger partial charge in [0, 0.05) is 75.3 Å². The molecule has 728 valence electrons. The first-order chi connectivity index (χ1) is 66.3. The number of nitrogens with one attached hydrogen (secondary N) is 5. The smallest absolute Gasteiger partial charge is 0.262 e.